The summed E-state index contributed by atoms with van der Waals surface area (Å²) in [5.74, 6) is 1.71. The molecular weight excluding hydrogens is 346 g/mol. The van der Waals surface area contributed by atoms with Gasteiger partial charge in [0.05, 0.1) is 22.9 Å². The number of benzene rings is 1. The summed E-state index contributed by atoms with van der Waals surface area (Å²) in [6.45, 7) is 8.46. The molecule has 3 rings (SSSR count). The van der Waals surface area contributed by atoms with Crippen LogP contribution in [0.15, 0.2) is 34.6 Å². The highest BCUT2D eigenvalue weighted by Gasteiger charge is 2.21. The first-order chi connectivity index (χ1) is 12.6. The number of aromatic hydroxyl groups is 1. The molecule has 1 aliphatic rings. The number of aliphatic imine (C=N–C) groups is 1. The van der Waals surface area contributed by atoms with Crippen LogP contribution in [0.25, 0.3) is 0 Å². The first kappa shape index (κ1) is 18.5. The zero-order valence-corrected chi connectivity index (χ0v) is 16.5. The van der Waals surface area contributed by atoms with Crippen LogP contribution in [0.4, 0.5) is 5.69 Å². The van der Waals surface area contributed by atoms with E-state index in [1.807, 2.05) is 25.2 Å². The summed E-state index contributed by atoms with van der Waals surface area (Å²) in [5, 5.41) is 16.8. The van der Waals surface area contributed by atoms with E-state index in [1.54, 1.807) is 17.4 Å². The van der Waals surface area contributed by atoms with Gasteiger partial charge in [-0.1, -0.05) is 26.0 Å². The fourth-order valence-electron chi connectivity index (χ4n) is 3.06. The zero-order valence-electron chi connectivity index (χ0n) is 15.6. The van der Waals surface area contributed by atoms with Crippen LogP contribution in [0.1, 0.15) is 30.5 Å². The monoisotopic (exact) mass is 373 g/mol. The molecule has 0 bridgehead atoms. The van der Waals surface area contributed by atoms with Gasteiger partial charge in [0, 0.05) is 44.5 Å². The molecule has 1 aliphatic heterocycles. The van der Waals surface area contributed by atoms with E-state index in [2.05, 4.69) is 44.3 Å². The van der Waals surface area contributed by atoms with Gasteiger partial charge in [-0.05, 0) is 12.1 Å². The molecule has 1 saturated heterocycles. The molecule has 0 amide bonds. The maximum Gasteiger partial charge on any atom is 0.194 e. The number of piperazine rings is 1. The highest BCUT2D eigenvalue weighted by molar-refractivity contribution is 7.09. The van der Waals surface area contributed by atoms with Gasteiger partial charge in [-0.15, -0.1) is 11.3 Å². The van der Waals surface area contributed by atoms with Crippen molar-refractivity contribution in [3.63, 3.8) is 0 Å². The SMILES string of the molecule is CN=C(NCc1csc(C(C)C)n1)N1CCN(c2ccccc2O)CC1. The lowest BCUT2D eigenvalue weighted by atomic mass is 10.2. The minimum Gasteiger partial charge on any atom is -0.506 e. The van der Waals surface area contributed by atoms with E-state index in [-0.39, 0.29) is 0 Å². The summed E-state index contributed by atoms with van der Waals surface area (Å²) < 4.78 is 0. The fraction of sp³-hybridized carbons (Fsp3) is 0.474. The number of phenolic OH excluding ortho intramolecular Hbond substituents is 1. The molecule has 1 aromatic carbocycles. The van der Waals surface area contributed by atoms with Crippen molar-refractivity contribution in [2.45, 2.75) is 26.3 Å². The van der Waals surface area contributed by atoms with Crippen molar-refractivity contribution < 1.29 is 5.11 Å². The number of anilines is 1. The van der Waals surface area contributed by atoms with Crippen LogP contribution < -0.4 is 10.2 Å². The molecule has 2 heterocycles. The number of aromatic nitrogens is 1. The number of para-hydroxylation sites is 2. The Morgan fingerprint density at radius 1 is 1.27 bits per heavy atom. The number of rotatable bonds is 4. The van der Waals surface area contributed by atoms with Crippen LogP contribution >= 0.6 is 11.3 Å². The lowest BCUT2D eigenvalue weighted by molar-refractivity contribution is 0.369. The van der Waals surface area contributed by atoms with E-state index < -0.39 is 0 Å². The lowest BCUT2D eigenvalue weighted by Gasteiger charge is -2.37. The Kier molecular flexibility index (Phi) is 5.98. The van der Waals surface area contributed by atoms with Crippen molar-refractivity contribution in [3.05, 3.63) is 40.3 Å². The maximum absolute atomic E-state index is 10.0. The summed E-state index contributed by atoms with van der Waals surface area (Å²) in [6, 6.07) is 7.51. The van der Waals surface area contributed by atoms with E-state index in [0.29, 0.717) is 18.2 Å². The number of nitrogens with zero attached hydrogens (tertiary/aromatic N) is 4. The number of guanidine groups is 1. The van der Waals surface area contributed by atoms with Gasteiger partial charge in [0.15, 0.2) is 5.96 Å². The third-order valence-electron chi connectivity index (χ3n) is 4.50. The topological polar surface area (TPSA) is 64.0 Å². The highest BCUT2D eigenvalue weighted by atomic mass is 32.1. The van der Waals surface area contributed by atoms with Crippen LogP contribution in [-0.4, -0.2) is 54.2 Å². The second kappa shape index (κ2) is 8.40. The van der Waals surface area contributed by atoms with Crippen molar-refractivity contribution >= 4 is 23.0 Å². The molecular formula is C19H27N5OS. The van der Waals surface area contributed by atoms with Crippen molar-refractivity contribution in [1.82, 2.24) is 15.2 Å². The molecule has 1 fully saturated rings. The molecule has 7 heteroatoms. The fourth-order valence-corrected chi connectivity index (χ4v) is 3.90. The van der Waals surface area contributed by atoms with Crippen LogP contribution in [-0.2, 0) is 6.54 Å². The average molecular weight is 374 g/mol. The predicted molar refractivity (Wildman–Crippen MR) is 108 cm³/mol. The first-order valence-corrected chi connectivity index (χ1v) is 9.89. The molecule has 0 saturated carbocycles. The molecule has 26 heavy (non-hydrogen) atoms. The molecule has 2 N–H and O–H groups in total. The summed E-state index contributed by atoms with van der Waals surface area (Å²) in [5.41, 5.74) is 1.96. The molecule has 2 aromatic rings. The molecule has 0 aliphatic carbocycles. The van der Waals surface area contributed by atoms with Gasteiger partial charge in [0.25, 0.3) is 0 Å². The average Bonchev–Trinajstić information content (AvgIpc) is 3.13. The smallest absolute Gasteiger partial charge is 0.194 e. The Labute approximate surface area is 159 Å². The van der Waals surface area contributed by atoms with Gasteiger partial charge >= 0.3 is 0 Å². The Bertz CT molecular complexity index is 750. The number of thiazole rings is 1. The third-order valence-corrected chi connectivity index (χ3v) is 5.70. The van der Waals surface area contributed by atoms with E-state index in [4.69, 9.17) is 0 Å². The van der Waals surface area contributed by atoms with E-state index in [9.17, 15) is 5.11 Å². The van der Waals surface area contributed by atoms with Crippen LogP contribution in [0.2, 0.25) is 0 Å². The number of nitrogens with one attached hydrogen (secondary N) is 1. The van der Waals surface area contributed by atoms with Gasteiger partial charge in [-0.2, -0.15) is 0 Å². The highest BCUT2D eigenvalue weighted by Crippen LogP contribution is 2.27. The molecule has 6 nitrogen and oxygen atoms in total. The summed E-state index contributed by atoms with van der Waals surface area (Å²) in [6.07, 6.45) is 0. The summed E-state index contributed by atoms with van der Waals surface area (Å²) >= 11 is 1.72. The van der Waals surface area contributed by atoms with Gasteiger partial charge in [-0.25, -0.2) is 4.98 Å². The first-order valence-electron chi connectivity index (χ1n) is 9.01. The Balaban J connectivity index is 1.54. The van der Waals surface area contributed by atoms with Crippen molar-refractivity contribution in [2.24, 2.45) is 4.99 Å². The van der Waals surface area contributed by atoms with Gasteiger partial charge in [-0.3, -0.25) is 4.99 Å². The number of hydrogen-bond acceptors (Lipinski definition) is 5. The maximum atomic E-state index is 10.0. The molecule has 0 spiro atoms. The van der Waals surface area contributed by atoms with E-state index >= 15 is 0 Å². The largest absolute Gasteiger partial charge is 0.506 e. The normalized spacial score (nSPS) is 15.6. The number of hydrogen-bond donors (Lipinski definition) is 2. The number of phenols is 1. The minimum absolute atomic E-state index is 0.341. The Morgan fingerprint density at radius 3 is 2.62 bits per heavy atom. The van der Waals surface area contributed by atoms with Crippen LogP contribution in [0, 0.1) is 0 Å². The second-order valence-electron chi connectivity index (χ2n) is 6.70. The lowest BCUT2D eigenvalue weighted by Crippen LogP contribution is -2.52. The quantitative estimate of drug-likeness (QED) is 0.637. The van der Waals surface area contributed by atoms with E-state index in [1.165, 1.54) is 5.01 Å². The Hall–Kier alpha value is -2.28. The summed E-state index contributed by atoms with van der Waals surface area (Å²) in [7, 11) is 1.82. The standard InChI is InChI=1S/C19H27N5OS/c1-14(2)18-22-15(13-26-18)12-21-19(20-3)24-10-8-23(9-11-24)16-6-4-5-7-17(16)25/h4-7,13-14,25H,8-12H2,1-3H3,(H,20,21). The van der Waals surface area contributed by atoms with Gasteiger partial charge in [0.2, 0.25) is 0 Å². The van der Waals surface area contributed by atoms with Gasteiger partial charge in [0.1, 0.15) is 5.75 Å². The second-order valence-corrected chi connectivity index (χ2v) is 7.59. The molecule has 1 aromatic heterocycles. The molecule has 0 atom stereocenters. The predicted octanol–water partition coefficient (Wildman–Crippen LogP) is 2.87. The van der Waals surface area contributed by atoms with Crippen molar-refractivity contribution in [2.75, 3.05) is 38.1 Å². The van der Waals surface area contributed by atoms with Crippen LogP contribution in [0.5, 0.6) is 5.75 Å². The third kappa shape index (κ3) is 4.27. The zero-order chi connectivity index (χ0) is 18.5. The molecule has 140 valence electrons. The van der Waals surface area contributed by atoms with Crippen LogP contribution in [0.3, 0.4) is 0 Å². The summed E-state index contributed by atoms with van der Waals surface area (Å²) in [4.78, 5) is 13.6. The van der Waals surface area contributed by atoms with Gasteiger partial charge < -0.3 is 20.2 Å². The molecule has 0 unspecified atom stereocenters. The molecule has 0 radical (unpaired) electrons. The minimum atomic E-state index is 0.341. The van der Waals surface area contributed by atoms with E-state index in [0.717, 1.165) is 43.5 Å². The van der Waals surface area contributed by atoms with Crippen molar-refractivity contribution in [3.8, 4) is 5.75 Å². The Morgan fingerprint density at radius 2 is 2.00 bits per heavy atom. The van der Waals surface area contributed by atoms with Crippen molar-refractivity contribution in [1.29, 1.82) is 0 Å².